The Bertz CT molecular complexity index is 1240. The highest BCUT2D eigenvalue weighted by Crippen LogP contribution is 2.37. The van der Waals surface area contributed by atoms with Crippen LogP contribution in [0.1, 0.15) is 0 Å². The van der Waals surface area contributed by atoms with Gasteiger partial charge in [-0.2, -0.15) is 0 Å². The molecule has 0 spiro atoms. The van der Waals surface area contributed by atoms with E-state index in [9.17, 15) is 0 Å². The molecule has 0 saturated carbocycles. The number of pyridine rings is 1. The second kappa shape index (κ2) is 6.29. The number of fused-ring (bicyclic) bond motifs is 3. The molecule has 3 aromatic carbocycles. The highest BCUT2D eigenvalue weighted by molar-refractivity contribution is 6.09. The van der Waals surface area contributed by atoms with E-state index in [1.807, 2.05) is 60.7 Å². The molecule has 0 aliphatic rings. The van der Waals surface area contributed by atoms with Crippen molar-refractivity contribution < 1.29 is 9.15 Å². The van der Waals surface area contributed by atoms with Gasteiger partial charge in [0.05, 0.1) is 12.8 Å². The molecular weight excluding hydrogens is 334 g/mol. The lowest BCUT2D eigenvalue weighted by molar-refractivity contribution is 0.415. The van der Waals surface area contributed by atoms with Crippen LogP contribution in [0.2, 0.25) is 0 Å². The van der Waals surface area contributed by atoms with Gasteiger partial charge in [-0.1, -0.05) is 48.5 Å². The van der Waals surface area contributed by atoms with Crippen LogP contribution >= 0.6 is 0 Å². The van der Waals surface area contributed by atoms with Gasteiger partial charge in [0.15, 0.2) is 5.58 Å². The summed E-state index contributed by atoms with van der Waals surface area (Å²) in [4.78, 5) is 4.96. The van der Waals surface area contributed by atoms with Crippen molar-refractivity contribution in [2.75, 3.05) is 7.11 Å². The summed E-state index contributed by atoms with van der Waals surface area (Å²) in [5.41, 5.74) is 5.54. The number of hydrogen-bond donors (Lipinski definition) is 0. The number of nitrogens with zero attached hydrogens (tertiary/aromatic N) is 1. The van der Waals surface area contributed by atoms with Gasteiger partial charge in [-0.05, 0) is 36.4 Å². The molecule has 0 fully saturated rings. The van der Waals surface area contributed by atoms with Crippen LogP contribution in [-0.2, 0) is 0 Å². The van der Waals surface area contributed by atoms with Gasteiger partial charge < -0.3 is 9.15 Å². The summed E-state index contributed by atoms with van der Waals surface area (Å²) < 4.78 is 11.5. The Labute approximate surface area is 156 Å². The van der Waals surface area contributed by atoms with Crippen molar-refractivity contribution in [3.63, 3.8) is 0 Å². The average Bonchev–Trinajstić information content (AvgIpc) is 3.12. The summed E-state index contributed by atoms with van der Waals surface area (Å²) in [6.45, 7) is 0. The molecule has 3 nitrogen and oxygen atoms in total. The van der Waals surface area contributed by atoms with Crippen molar-refractivity contribution in [2.24, 2.45) is 0 Å². The Kier molecular flexibility index (Phi) is 3.65. The fourth-order valence-electron chi connectivity index (χ4n) is 3.43. The zero-order valence-electron chi connectivity index (χ0n) is 14.8. The quantitative estimate of drug-likeness (QED) is 0.381. The summed E-state index contributed by atoms with van der Waals surface area (Å²) in [6.07, 6.45) is 0. The van der Waals surface area contributed by atoms with Crippen LogP contribution in [0.15, 0.2) is 89.3 Å². The van der Waals surface area contributed by atoms with Gasteiger partial charge in [0.1, 0.15) is 17.0 Å². The van der Waals surface area contributed by atoms with E-state index in [4.69, 9.17) is 14.1 Å². The molecule has 0 radical (unpaired) electrons. The van der Waals surface area contributed by atoms with E-state index >= 15 is 0 Å². The smallest absolute Gasteiger partial charge is 0.161 e. The van der Waals surface area contributed by atoms with Gasteiger partial charge in [-0.3, -0.25) is 0 Å². The second-order valence-corrected chi connectivity index (χ2v) is 6.43. The third-order valence-electron chi connectivity index (χ3n) is 4.80. The van der Waals surface area contributed by atoms with E-state index in [1.165, 1.54) is 0 Å². The summed E-state index contributed by atoms with van der Waals surface area (Å²) in [5.74, 6) is 0.830. The predicted molar refractivity (Wildman–Crippen MR) is 109 cm³/mol. The first-order valence-electron chi connectivity index (χ1n) is 8.85. The predicted octanol–water partition coefficient (Wildman–Crippen LogP) is 6.32. The molecule has 5 rings (SSSR count). The molecule has 0 N–H and O–H groups in total. The van der Waals surface area contributed by atoms with E-state index in [0.29, 0.717) is 0 Å². The first-order valence-corrected chi connectivity index (χ1v) is 8.85. The van der Waals surface area contributed by atoms with Gasteiger partial charge in [-0.25, -0.2) is 4.98 Å². The van der Waals surface area contributed by atoms with Crippen molar-refractivity contribution in [3.05, 3.63) is 84.9 Å². The molecule has 0 aliphatic carbocycles. The molecule has 0 saturated heterocycles. The summed E-state index contributed by atoms with van der Waals surface area (Å²) in [5, 5.41) is 2.17. The summed E-state index contributed by atoms with van der Waals surface area (Å²) in [6, 6.07) is 28.4. The zero-order chi connectivity index (χ0) is 18.2. The van der Waals surface area contributed by atoms with E-state index in [1.54, 1.807) is 7.11 Å². The molecule has 27 heavy (non-hydrogen) atoms. The number of hydrogen-bond acceptors (Lipinski definition) is 3. The molecule has 2 heterocycles. The number of aromatic nitrogens is 1. The van der Waals surface area contributed by atoms with Crippen LogP contribution in [0, 0.1) is 0 Å². The topological polar surface area (TPSA) is 35.3 Å². The Morgan fingerprint density at radius 3 is 2.26 bits per heavy atom. The fourth-order valence-corrected chi connectivity index (χ4v) is 3.43. The highest BCUT2D eigenvalue weighted by Gasteiger charge is 2.16. The standard InChI is InChI=1S/C24H17NO2/c1-26-18-13-11-16(12-14-18)21-15-20-19-9-5-6-10-22(19)27-24(20)23(25-21)17-7-3-2-4-8-17/h2-15H,1H3. The lowest BCUT2D eigenvalue weighted by Gasteiger charge is -2.07. The van der Waals surface area contributed by atoms with Gasteiger partial charge in [-0.15, -0.1) is 0 Å². The van der Waals surface area contributed by atoms with E-state index in [0.717, 1.165) is 50.2 Å². The number of rotatable bonds is 3. The number of furan rings is 1. The SMILES string of the molecule is COc1ccc(-c2cc3c(oc4ccccc43)c(-c3ccccc3)n2)cc1. The third kappa shape index (κ3) is 2.64. The maximum absolute atomic E-state index is 6.18. The molecule has 0 unspecified atom stereocenters. The molecule has 5 aromatic rings. The maximum atomic E-state index is 6.18. The van der Waals surface area contributed by atoms with Crippen molar-refractivity contribution in [2.45, 2.75) is 0 Å². The first-order chi connectivity index (χ1) is 13.3. The van der Waals surface area contributed by atoms with Crippen LogP contribution in [0.25, 0.3) is 44.5 Å². The molecule has 130 valence electrons. The molecule has 0 aliphatic heterocycles. The minimum Gasteiger partial charge on any atom is -0.497 e. The highest BCUT2D eigenvalue weighted by atomic mass is 16.5. The lowest BCUT2D eigenvalue weighted by atomic mass is 10.0. The Balaban J connectivity index is 1.82. The van der Waals surface area contributed by atoms with Crippen LogP contribution in [0.4, 0.5) is 0 Å². The lowest BCUT2D eigenvalue weighted by Crippen LogP contribution is -1.90. The Hall–Kier alpha value is -3.59. The summed E-state index contributed by atoms with van der Waals surface area (Å²) in [7, 11) is 1.67. The Morgan fingerprint density at radius 1 is 0.741 bits per heavy atom. The van der Waals surface area contributed by atoms with Crippen molar-refractivity contribution >= 4 is 21.9 Å². The van der Waals surface area contributed by atoms with Gasteiger partial charge in [0.2, 0.25) is 0 Å². The third-order valence-corrected chi connectivity index (χ3v) is 4.80. The number of methoxy groups -OCH3 is 1. The first kappa shape index (κ1) is 15.6. The number of benzene rings is 3. The van der Waals surface area contributed by atoms with E-state index in [2.05, 4.69) is 24.3 Å². The number of para-hydroxylation sites is 1. The molecule has 0 bridgehead atoms. The monoisotopic (exact) mass is 351 g/mol. The maximum Gasteiger partial charge on any atom is 0.161 e. The van der Waals surface area contributed by atoms with Crippen molar-refractivity contribution in [1.82, 2.24) is 4.98 Å². The zero-order valence-corrected chi connectivity index (χ0v) is 14.8. The van der Waals surface area contributed by atoms with Gasteiger partial charge in [0.25, 0.3) is 0 Å². The Morgan fingerprint density at radius 2 is 1.48 bits per heavy atom. The largest absolute Gasteiger partial charge is 0.497 e. The molecule has 2 aromatic heterocycles. The van der Waals surface area contributed by atoms with E-state index in [-0.39, 0.29) is 0 Å². The molecular formula is C24H17NO2. The van der Waals surface area contributed by atoms with Crippen LogP contribution in [-0.4, -0.2) is 12.1 Å². The normalized spacial score (nSPS) is 11.1. The van der Waals surface area contributed by atoms with Gasteiger partial charge >= 0.3 is 0 Å². The van der Waals surface area contributed by atoms with E-state index < -0.39 is 0 Å². The molecule has 0 amide bonds. The minimum atomic E-state index is 0.819. The molecule has 3 heteroatoms. The average molecular weight is 351 g/mol. The van der Waals surface area contributed by atoms with Gasteiger partial charge in [0, 0.05) is 21.9 Å². The summed E-state index contributed by atoms with van der Waals surface area (Å²) >= 11 is 0. The van der Waals surface area contributed by atoms with Crippen LogP contribution in [0.3, 0.4) is 0 Å². The van der Waals surface area contributed by atoms with Crippen molar-refractivity contribution in [1.29, 1.82) is 0 Å². The minimum absolute atomic E-state index is 0.819. The fraction of sp³-hybridized carbons (Fsp3) is 0.0417. The number of ether oxygens (including phenoxy) is 1. The second-order valence-electron chi connectivity index (χ2n) is 6.43. The molecule has 0 atom stereocenters. The van der Waals surface area contributed by atoms with Crippen molar-refractivity contribution in [3.8, 4) is 28.3 Å². The van der Waals surface area contributed by atoms with Crippen LogP contribution in [0.5, 0.6) is 5.75 Å². The van der Waals surface area contributed by atoms with Crippen LogP contribution < -0.4 is 4.74 Å².